The number of hydrogen-bond donors (Lipinski definition) is 1. The number of allylic oxidation sites excluding steroid dienone is 1. The van der Waals surface area contributed by atoms with Gasteiger partial charge in [0.2, 0.25) is 0 Å². The van der Waals surface area contributed by atoms with Gasteiger partial charge >= 0.3 is 0 Å². The molecule has 0 amide bonds. The minimum atomic E-state index is 0. The third-order valence-corrected chi connectivity index (χ3v) is 3.64. The molecule has 0 radical (unpaired) electrons. The van der Waals surface area contributed by atoms with Crippen molar-refractivity contribution in [2.75, 3.05) is 7.11 Å². The minimum absolute atomic E-state index is 0. The number of para-hydroxylation sites is 1. The van der Waals surface area contributed by atoms with E-state index < -0.39 is 0 Å². The smallest absolute Gasteiger partial charge is 0.289 e. The molecular formula is C15H17BrN2O2S. The van der Waals surface area contributed by atoms with Gasteiger partial charge in [0, 0.05) is 16.7 Å². The Morgan fingerprint density at radius 1 is 1.43 bits per heavy atom. The first-order valence-corrected chi connectivity index (χ1v) is 7.00. The maximum absolute atomic E-state index is 9.74. The Morgan fingerprint density at radius 3 is 2.86 bits per heavy atom. The largest absolute Gasteiger partial charge is 1.00 e. The van der Waals surface area contributed by atoms with Crippen LogP contribution in [0.2, 0.25) is 0 Å². The average molecular weight is 369 g/mol. The maximum Gasteiger partial charge on any atom is 0.289 e. The summed E-state index contributed by atoms with van der Waals surface area (Å²) in [6.07, 6.45) is 5.68. The van der Waals surface area contributed by atoms with Gasteiger partial charge in [0.15, 0.2) is 23.1 Å². The molecule has 0 saturated heterocycles. The predicted octanol–water partition coefficient (Wildman–Crippen LogP) is -0.186. The van der Waals surface area contributed by atoms with E-state index in [0.717, 1.165) is 15.6 Å². The van der Waals surface area contributed by atoms with Gasteiger partial charge in [0.25, 0.3) is 5.01 Å². The number of rotatable bonds is 5. The van der Waals surface area contributed by atoms with Crippen LogP contribution in [-0.2, 0) is 6.54 Å². The number of methoxy groups -OCH3 is 1. The summed E-state index contributed by atoms with van der Waals surface area (Å²) in [5.74, 6) is 0.606. The summed E-state index contributed by atoms with van der Waals surface area (Å²) < 4.78 is 7.10. The van der Waals surface area contributed by atoms with Crippen LogP contribution in [-0.4, -0.2) is 17.3 Å². The molecule has 1 N–H and O–H groups in total. The summed E-state index contributed by atoms with van der Waals surface area (Å²) in [6.45, 7) is 6.37. The number of aromatic hydroxyl groups is 1. The number of ether oxygens (including phenoxy) is 1. The van der Waals surface area contributed by atoms with Crippen molar-refractivity contribution in [2.45, 2.75) is 13.5 Å². The van der Waals surface area contributed by atoms with Gasteiger partial charge in [-0.2, -0.15) is 0 Å². The van der Waals surface area contributed by atoms with Gasteiger partial charge in [0.05, 0.1) is 7.11 Å². The Kier molecular flexibility index (Phi) is 6.58. The number of benzene rings is 1. The van der Waals surface area contributed by atoms with Gasteiger partial charge in [-0.15, -0.1) is 0 Å². The molecule has 6 heteroatoms. The summed E-state index contributed by atoms with van der Waals surface area (Å²) in [7, 11) is 1.54. The first kappa shape index (κ1) is 17.4. The van der Waals surface area contributed by atoms with Gasteiger partial charge in [-0.05, 0) is 36.5 Å². The lowest BCUT2D eigenvalue weighted by molar-refractivity contribution is -0.741. The molecule has 112 valence electrons. The van der Waals surface area contributed by atoms with Crippen LogP contribution in [0.4, 0.5) is 0 Å². The lowest BCUT2D eigenvalue weighted by Gasteiger charge is -2.05. The van der Waals surface area contributed by atoms with Crippen molar-refractivity contribution in [3.05, 3.63) is 46.4 Å². The normalized spacial score (nSPS) is 10.4. The SMILES string of the molecule is C=CC[n+]1nc(C)sc1C=Cc1cccc(O)c1OC.[Br-]. The average Bonchev–Trinajstić information content (AvgIpc) is 2.77. The third-order valence-electron chi connectivity index (χ3n) is 2.70. The molecule has 0 aliphatic rings. The van der Waals surface area contributed by atoms with Crippen molar-refractivity contribution in [3.8, 4) is 11.5 Å². The van der Waals surface area contributed by atoms with Crippen LogP contribution in [0.25, 0.3) is 12.2 Å². The zero-order valence-electron chi connectivity index (χ0n) is 11.9. The molecule has 0 aliphatic carbocycles. The molecule has 0 unspecified atom stereocenters. The molecule has 1 aromatic carbocycles. The number of aryl methyl sites for hydroxylation is 1. The zero-order valence-corrected chi connectivity index (χ0v) is 14.3. The summed E-state index contributed by atoms with van der Waals surface area (Å²) in [4.78, 5) is 0. The zero-order chi connectivity index (χ0) is 14.5. The Labute approximate surface area is 138 Å². The van der Waals surface area contributed by atoms with Crippen LogP contribution in [0.5, 0.6) is 11.5 Å². The van der Waals surface area contributed by atoms with Crippen molar-refractivity contribution in [1.82, 2.24) is 5.10 Å². The van der Waals surface area contributed by atoms with Gasteiger partial charge in [-0.1, -0.05) is 23.4 Å². The van der Waals surface area contributed by atoms with Gasteiger partial charge < -0.3 is 26.8 Å². The van der Waals surface area contributed by atoms with Crippen LogP contribution in [0, 0.1) is 6.92 Å². The van der Waals surface area contributed by atoms with E-state index in [1.54, 1.807) is 30.6 Å². The lowest BCUT2D eigenvalue weighted by Crippen LogP contribution is -3.00. The molecule has 0 fully saturated rings. The molecule has 4 nitrogen and oxygen atoms in total. The van der Waals surface area contributed by atoms with Gasteiger partial charge in [-0.3, -0.25) is 0 Å². The van der Waals surface area contributed by atoms with E-state index in [0.29, 0.717) is 12.3 Å². The minimum Gasteiger partial charge on any atom is -1.00 e. The van der Waals surface area contributed by atoms with Crippen molar-refractivity contribution in [1.29, 1.82) is 0 Å². The molecule has 0 spiro atoms. The molecular weight excluding hydrogens is 352 g/mol. The fourth-order valence-corrected chi connectivity index (χ4v) is 2.67. The molecule has 0 atom stereocenters. The molecule has 21 heavy (non-hydrogen) atoms. The third kappa shape index (κ3) is 4.15. The summed E-state index contributed by atoms with van der Waals surface area (Å²) >= 11 is 1.61. The van der Waals surface area contributed by atoms with Crippen molar-refractivity contribution >= 4 is 23.5 Å². The quantitative estimate of drug-likeness (QED) is 0.587. The highest BCUT2D eigenvalue weighted by Gasteiger charge is 2.14. The molecule has 0 aliphatic heterocycles. The molecule has 2 aromatic rings. The summed E-state index contributed by atoms with van der Waals surface area (Å²) in [5, 5.41) is 16.2. The van der Waals surface area contributed by atoms with E-state index in [4.69, 9.17) is 4.74 Å². The van der Waals surface area contributed by atoms with Crippen LogP contribution >= 0.6 is 11.3 Å². The van der Waals surface area contributed by atoms with Crippen LogP contribution in [0.15, 0.2) is 30.9 Å². The van der Waals surface area contributed by atoms with Crippen LogP contribution in [0.3, 0.4) is 0 Å². The fourth-order valence-electron chi connectivity index (χ4n) is 1.87. The number of phenols is 1. The monoisotopic (exact) mass is 368 g/mol. The lowest BCUT2D eigenvalue weighted by atomic mass is 10.1. The van der Waals surface area contributed by atoms with Crippen molar-refractivity contribution in [3.63, 3.8) is 0 Å². The van der Waals surface area contributed by atoms with E-state index in [1.807, 2.05) is 35.9 Å². The highest BCUT2D eigenvalue weighted by molar-refractivity contribution is 7.11. The first-order chi connectivity index (χ1) is 9.65. The highest BCUT2D eigenvalue weighted by atomic mass is 79.9. The van der Waals surface area contributed by atoms with Crippen molar-refractivity contribution < 1.29 is 31.5 Å². The standard InChI is InChI=1S/C15H16N2O2S.BrH/c1-4-10-17-14(20-11(2)16-17)9-8-12-6-5-7-13(18)15(12)19-3;/h4-9H,1,10H2,2-3H3;1H. The van der Waals surface area contributed by atoms with Gasteiger partial charge in [-0.25, -0.2) is 0 Å². The van der Waals surface area contributed by atoms with E-state index >= 15 is 0 Å². The maximum atomic E-state index is 9.74. The number of nitrogens with zero attached hydrogens (tertiary/aromatic N) is 2. The number of aromatic nitrogens is 2. The van der Waals surface area contributed by atoms with E-state index in [2.05, 4.69) is 11.7 Å². The molecule has 0 bridgehead atoms. The Balaban J connectivity index is 0.00000220. The molecule has 1 aromatic heterocycles. The predicted molar refractivity (Wildman–Crippen MR) is 80.8 cm³/mol. The first-order valence-electron chi connectivity index (χ1n) is 6.18. The van der Waals surface area contributed by atoms with E-state index in [-0.39, 0.29) is 22.7 Å². The fraction of sp³-hybridized carbons (Fsp3) is 0.200. The Bertz CT molecular complexity index is 653. The Morgan fingerprint density at radius 2 is 2.19 bits per heavy atom. The van der Waals surface area contributed by atoms with E-state index in [1.165, 1.54) is 0 Å². The molecule has 2 rings (SSSR count). The second-order valence-electron chi connectivity index (χ2n) is 4.16. The molecule has 1 heterocycles. The summed E-state index contributed by atoms with van der Waals surface area (Å²) in [6, 6.07) is 5.28. The van der Waals surface area contributed by atoms with E-state index in [9.17, 15) is 5.11 Å². The molecule has 0 saturated carbocycles. The highest BCUT2D eigenvalue weighted by Crippen LogP contribution is 2.30. The summed E-state index contributed by atoms with van der Waals surface area (Å²) in [5.41, 5.74) is 0.823. The number of halogens is 1. The van der Waals surface area contributed by atoms with Crippen LogP contribution < -0.4 is 26.4 Å². The second kappa shape index (κ2) is 7.95. The second-order valence-corrected chi connectivity index (χ2v) is 5.38. The number of phenolic OH excluding ortho intramolecular Hbond substituents is 1. The van der Waals surface area contributed by atoms with Gasteiger partial charge in [0.1, 0.15) is 0 Å². The number of hydrogen-bond acceptors (Lipinski definition) is 4. The van der Waals surface area contributed by atoms with Crippen LogP contribution in [0.1, 0.15) is 15.6 Å². The van der Waals surface area contributed by atoms with Crippen molar-refractivity contribution in [2.24, 2.45) is 0 Å². The topological polar surface area (TPSA) is 46.2 Å². The Hall–Kier alpha value is -1.66.